The van der Waals surface area contributed by atoms with Crippen LogP contribution in [0.2, 0.25) is 0 Å². The number of aromatic nitrogens is 2. The van der Waals surface area contributed by atoms with E-state index in [1.807, 2.05) is 17.0 Å². The van der Waals surface area contributed by atoms with Gasteiger partial charge in [-0.1, -0.05) is 23.4 Å². The predicted octanol–water partition coefficient (Wildman–Crippen LogP) is 4.86. The van der Waals surface area contributed by atoms with Crippen LogP contribution in [-0.4, -0.2) is 48.3 Å². The zero-order valence-corrected chi connectivity index (χ0v) is 18.1. The lowest BCUT2D eigenvalue weighted by Crippen LogP contribution is -2.38. The fourth-order valence-corrected chi connectivity index (χ4v) is 4.50. The van der Waals surface area contributed by atoms with Gasteiger partial charge >= 0.3 is 0 Å². The standard InChI is InChI=1S/C25H25N3O4/c1-30-17-7-8-23(31-2)19(13-17)24-14-22(27-32-24)25(29)28-11-9-16(10-12-28)20-15-26-21-6-4-3-5-18(20)21/h3-8,13-16,26H,9-12H2,1-2H3. The summed E-state index contributed by atoms with van der Waals surface area (Å²) < 4.78 is 16.2. The molecule has 1 fully saturated rings. The van der Waals surface area contributed by atoms with Gasteiger partial charge in [-0.15, -0.1) is 0 Å². The van der Waals surface area contributed by atoms with E-state index < -0.39 is 0 Å². The van der Waals surface area contributed by atoms with Gasteiger partial charge in [0, 0.05) is 36.3 Å². The molecule has 0 unspecified atom stereocenters. The summed E-state index contributed by atoms with van der Waals surface area (Å²) in [5, 5.41) is 5.31. The van der Waals surface area contributed by atoms with E-state index in [-0.39, 0.29) is 5.91 Å². The first-order valence-electron chi connectivity index (χ1n) is 10.7. The maximum Gasteiger partial charge on any atom is 0.276 e. The Morgan fingerprint density at radius 2 is 1.91 bits per heavy atom. The highest BCUT2D eigenvalue weighted by Crippen LogP contribution is 2.35. The van der Waals surface area contributed by atoms with Gasteiger partial charge in [-0.05, 0) is 48.6 Å². The number of H-pyrrole nitrogens is 1. The Balaban J connectivity index is 1.30. The molecule has 164 valence electrons. The van der Waals surface area contributed by atoms with Gasteiger partial charge in [0.05, 0.1) is 19.8 Å². The molecule has 1 aliphatic rings. The highest BCUT2D eigenvalue weighted by atomic mass is 16.5. The minimum Gasteiger partial charge on any atom is -0.497 e. The Hall–Kier alpha value is -3.74. The summed E-state index contributed by atoms with van der Waals surface area (Å²) >= 11 is 0. The molecule has 32 heavy (non-hydrogen) atoms. The van der Waals surface area contributed by atoms with Crippen molar-refractivity contribution in [2.75, 3.05) is 27.3 Å². The van der Waals surface area contributed by atoms with E-state index in [0.717, 1.165) is 18.4 Å². The molecule has 5 rings (SSSR count). The van der Waals surface area contributed by atoms with Crippen molar-refractivity contribution in [3.8, 4) is 22.8 Å². The molecule has 1 aliphatic heterocycles. The molecule has 0 saturated carbocycles. The summed E-state index contributed by atoms with van der Waals surface area (Å²) in [6, 6.07) is 15.4. The van der Waals surface area contributed by atoms with Gasteiger partial charge in [0.15, 0.2) is 11.5 Å². The number of methoxy groups -OCH3 is 2. The number of carbonyl (C=O) groups is 1. The van der Waals surface area contributed by atoms with Crippen molar-refractivity contribution in [2.45, 2.75) is 18.8 Å². The number of nitrogens with one attached hydrogen (secondary N) is 1. The lowest BCUT2D eigenvalue weighted by molar-refractivity contribution is 0.0703. The van der Waals surface area contributed by atoms with Crippen LogP contribution in [0.4, 0.5) is 0 Å². The molecular weight excluding hydrogens is 406 g/mol. The predicted molar refractivity (Wildman–Crippen MR) is 121 cm³/mol. The van der Waals surface area contributed by atoms with Crippen molar-refractivity contribution in [1.82, 2.24) is 15.0 Å². The average molecular weight is 431 g/mol. The summed E-state index contributed by atoms with van der Waals surface area (Å²) in [5.74, 6) is 2.09. The molecule has 2 aromatic heterocycles. The monoisotopic (exact) mass is 431 g/mol. The van der Waals surface area contributed by atoms with Crippen LogP contribution >= 0.6 is 0 Å². The summed E-state index contributed by atoms with van der Waals surface area (Å²) in [4.78, 5) is 18.3. The van der Waals surface area contributed by atoms with Crippen LogP contribution in [0.5, 0.6) is 11.5 Å². The first-order chi connectivity index (χ1) is 15.7. The number of ether oxygens (including phenoxy) is 2. The van der Waals surface area contributed by atoms with Crippen molar-refractivity contribution >= 4 is 16.8 Å². The maximum atomic E-state index is 13.1. The number of nitrogens with zero attached hydrogens (tertiary/aromatic N) is 2. The fraction of sp³-hybridized carbons (Fsp3) is 0.280. The van der Waals surface area contributed by atoms with Crippen molar-refractivity contribution < 1.29 is 18.8 Å². The summed E-state index contributed by atoms with van der Waals surface area (Å²) in [7, 11) is 3.19. The number of benzene rings is 2. The second kappa shape index (κ2) is 8.42. The van der Waals surface area contributed by atoms with E-state index in [1.165, 1.54) is 10.9 Å². The molecule has 1 N–H and O–H groups in total. The van der Waals surface area contributed by atoms with Crippen LogP contribution < -0.4 is 9.47 Å². The molecule has 7 nitrogen and oxygen atoms in total. The van der Waals surface area contributed by atoms with Gasteiger partial charge in [0.25, 0.3) is 5.91 Å². The number of piperidine rings is 1. The molecule has 1 amide bonds. The number of hydrogen-bond donors (Lipinski definition) is 1. The fourth-order valence-electron chi connectivity index (χ4n) is 4.50. The van der Waals surface area contributed by atoms with E-state index >= 15 is 0 Å². The van der Waals surface area contributed by atoms with Gasteiger partial charge in [-0.25, -0.2) is 0 Å². The van der Waals surface area contributed by atoms with Crippen LogP contribution in [0.15, 0.2) is 59.3 Å². The number of amides is 1. The smallest absolute Gasteiger partial charge is 0.276 e. The van der Waals surface area contributed by atoms with Gasteiger partial charge in [-0.2, -0.15) is 0 Å². The quantitative estimate of drug-likeness (QED) is 0.488. The molecule has 0 spiro atoms. The number of likely N-dealkylation sites (tertiary alicyclic amines) is 1. The van der Waals surface area contributed by atoms with Crippen molar-refractivity contribution in [1.29, 1.82) is 0 Å². The number of aromatic amines is 1. The topological polar surface area (TPSA) is 80.6 Å². The van der Waals surface area contributed by atoms with E-state index in [4.69, 9.17) is 14.0 Å². The van der Waals surface area contributed by atoms with E-state index in [0.29, 0.717) is 47.5 Å². The molecule has 0 radical (unpaired) electrons. The number of rotatable bonds is 5. The molecule has 1 saturated heterocycles. The first-order valence-corrected chi connectivity index (χ1v) is 10.7. The van der Waals surface area contributed by atoms with E-state index in [1.54, 1.807) is 32.4 Å². The minimum atomic E-state index is -0.112. The SMILES string of the molecule is COc1ccc(OC)c(-c2cc(C(=O)N3CCC(c4c[nH]c5ccccc45)CC3)no2)c1. The van der Waals surface area contributed by atoms with Gasteiger partial charge < -0.3 is 23.9 Å². The highest BCUT2D eigenvalue weighted by Gasteiger charge is 2.28. The summed E-state index contributed by atoms with van der Waals surface area (Å²) in [5.41, 5.74) is 3.48. The van der Waals surface area contributed by atoms with Crippen LogP contribution in [-0.2, 0) is 0 Å². The summed E-state index contributed by atoms with van der Waals surface area (Å²) in [6.07, 6.45) is 3.95. The van der Waals surface area contributed by atoms with Crippen LogP contribution in [0.25, 0.3) is 22.2 Å². The Morgan fingerprint density at radius 1 is 1.09 bits per heavy atom. The molecule has 0 bridgehead atoms. The van der Waals surface area contributed by atoms with E-state index in [2.05, 4.69) is 34.5 Å². The average Bonchev–Trinajstić information content (AvgIpc) is 3.51. The maximum absolute atomic E-state index is 13.1. The van der Waals surface area contributed by atoms with Crippen LogP contribution in [0.1, 0.15) is 34.8 Å². The van der Waals surface area contributed by atoms with Gasteiger partial charge in [0.1, 0.15) is 11.5 Å². The second-order valence-corrected chi connectivity index (χ2v) is 8.00. The van der Waals surface area contributed by atoms with Crippen molar-refractivity contribution in [2.24, 2.45) is 0 Å². The first kappa shape index (κ1) is 20.2. The number of carbonyl (C=O) groups excluding carboxylic acids is 1. The highest BCUT2D eigenvalue weighted by molar-refractivity contribution is 5.93. The number of hydrogen-bond acceptors (Lipinski definition) is 5. The Morgan fingerprint density at radius 3 is 2.69 bits per heavy atom. The van der Waals surface area contributed by atoms with E-state index in [9.17, 15) is 4.79 Å². The lowest BCUT2D eigenvalue weighted by atomic mass is 9.89. The zero-order chi connectivity index (χ0) is 22.1. The molecule has 2 aromatic carbocycles. The van der Waals surface area contributed by atoms with Gasteiger partial charge in [-0.3, -0.25) is 4.79 Å². The van der Waals surface area contributed by atoms with Crippen LogP contribution in [0.3, 0.4) is 0 Å². The molecule has 3 heterocycles. The molecule has 0 aliphatic carbocycles. The number of para-hydroxylation sites is 1. The zero-order valence-electron chi connectivity index (χ0n) is 18.1. The molecule has 4 aromatic rings. The van der Waals surface area contributed by atoms with Crippen LogP contribution in [0, 0.1) is 0 Å². The third-order valence-electron chi connectivity index (χ3n) is 6.24. The second-order valence-electron chi connectivity index (χ2n) is 8.00. The Bertz CT molecular complexity index is 1250. The Labute approximate surface area is 185 Å². The van der Waals surface area contributed by atoms with Crippen molar-refractivity contribution in [3.63, 3.8) is 0 Å². The normalized spacial score (nSPS) is 14.6. The number of fused-ring (bicyclic) bond motifs is 1. The lowest BCUT2D eigenvalue weighted by Gasteiger charge is -2.31. The summed E-state index contributed by atoms with van der Waals surface area (Å²) in [6.45, 7) is 1.38. The van der Waals surface area contributed by atoms with Gasteiger partial charge in [0.2, 0.25) is 0 Å². The van der Waals surface area contributed by atoms with Crippen molar-refractivity contribution in [3.05, 3.63) is 66.0 Å². The minimum absolute atomic E-state index is 0.112. The largest absolute Gasteiger partial charge is 0.497 e. The third kappa shape index (κ3) is 3.60. The molecular formula is C25H25N3O4. The molecule has 7 heteroatoms. The molecule has 0 atom stereocenters. The Kier molecular flexibility index (Phi) is 5.31. The third-order valence-corrected chi connectivity index (χ3v) is 6.24.